The summed E-state index contributed by atoms with van der Waals surface area (Å²) < 4.78 is 21.3. The molecule has 0 aliphatic heterocycles. The molecule has 0 bridgehead atoms. The number of aliphatic carboxylic acids is 2. The molecule has 0 saturated heterocycles. The number of carbonyl (C=O) groups is 8. The van der Waals surface area contributed by atoms with Crippen LogP contribution in [0.5, 0.6) is 0 Å². The highest BCUT2D eigenvalue weighted by molar-refractivity contribution is 5.86. The quantitative estimate of drug-likeness (QED) is 0.0670. The molecule has 0 aromatic rings. The van der Waals surface area contributed by atoms with Gasteiger partial charge in [-0.25, -0.2) is 0 Å². The van der Waals surface area contributed by atoms with Crippen molar-refractivity contribution >= 4 is 46.9 Å². The van der Waals surface area contributed by atoms with Crippen LogP contribution in [0.25, 0.3) is 0 Å². The monoisotopic (exact) mass is 772 g/mol. The van der Waals surface area contributed by atoms with Crippen LogP contribution in [0.4, 0.5) is 0 Å². The highest BCUT2D eigenvalue weighted by Gasteiger charge is 2.25. The summed E-state index contributed by atoms with van der Waals surface area (Å²) in [6, 6.07) is 0. The van der Waals surface area contributed by atoms with Crippen molar-refractivity contribution < 1.29 is 67.5 Å². The highest BCUT2D eigenvalue weighted by atomic mass is 16.5. The molecule has 0 saturated carbocycles. The molecule has 0 rings (SSSR count). The SMILES string of the molecule is CC(=O)C[C@@H](CCC(=O)CCCOCCOCC(=O)NCCOCCOCC(=O)NCCCC[C@H](CCC(=O)C(C)(C)C)C(=O)CCCC(=O)O)C(=O)O. The number of hydrogen-bond donors (Lipinski definition) is 4. The first kappa shape index (κ1) is 50.4. The topological polar surface area (TPSA) is 238 Å². The number of carboxylic acid groups (broad SMARTS) is 2. The third-order valence-corrected chi connectivity index (χ3v) is 8.30. The summed E-state index contributed by atoms with van der Waals surface area (Å²) in [7, 11) is 0. The first-order chi connectivity index (χ1) is 25.5. The Labute approximate surface area is 319 Å². The zero-order valence-corrected chi connectivity index (χ0v) is 32.7. The van der Waals surface area contributed by atoms with E-state index in [1.54, 1.807) is 0 Å². The summed E-state index contributed by atoms with van der Waals surface area (Å²) in [5, 5.41) is 23.4. The summed E-state index contributed by atoms with van der Waals surface area (Å²) >= 11 is 0. The second kappa shape index (κ2) is 30.7. The fourth-order valence-electron chi connectivity index (χ4n) is 5.13. The van der Waals surface area contributed by atoms with Gasteiger partial charge in [-0.1, -0.05) is 27.2 Å². The summed E-state index contributed by atoms with van der Waals surface area (Å²) in [6.07, 6.45) is 3.85. The van der Waals surface area contributed by atoms with Crippen LogP contribution in [-0.4, -0.2) is 123 Å². The van der Waals surface area contributed by atoms with E-state index in [-0.39, 0.29) is 139 Å². The van der Waals surface area contributed by atoms with Gasteiger partial charge in [-0.2, -0.15) is 0 Å². The number of nitrogens with one attached hydrogen (secondary N) is 2. The number of carbonyl (C=O) groups excluding carboxylic acids is 6. The molecule has 2 amide bonds. The molecule has 16 nitrogen and oxygen atoms in total. The molecule has 0 aliphatic rings. The van der Waals surface area contributed by atoms with Crippen LogP contribution < -0.4 is 10.6 Å². The number of unbranched alkanes of at least 4 members (excludes halogenated alkanes) is 1. The molecule has 0 radical (unpaired) electrons. The Bertz CT molecular complexity index is 1170. The molecular formula is C38H64N2O14. The average molecular weight is 773 g/mol. The van der Waals surface area contributed by atoms with Crippen LogP contribution in [0.1, 0.15) is 111 Å². The Morgan fingerprint density at radius 3 is 1.72 bits per heavy atom. The van der Waals surface area contributed by atoms with E-state index < -0.39 is 23.3 Å². The van der Waals surface area contributed by atoms with Crippen molar-refractivity contribution in [2.24, 2.45) is 17.3 Å². The van der Waals surface area contributed by atoms with Crippen LogP contribution in [0.15, 0.2) is 0 Å². The van der Waals surface area contributed by atoms with Gasteiger partial charge in [0.25, 0.3) is 0 Å². The molecule has 0 aliphatic carbocycles. The van der Waals surface area contributed by atoms with Crippen LogP contribution in [0.2, 0.25) is 0 Å². The van der Waals surface area contributed by atoms with Gasteiger partial charge in [0.1, 0.15) is 36.3 Å². The number of carboxylic acids is 2. The number of Topliss-reactive ketones (excluding diaryl/α,β-unsaturated/α-hetero) is 4. The maximum atomic E-state index is 12.7. The molecule has 0 heterocycles. The molecule has 2 atom stereocenters. The minimum atomic E-state index is -1.08. The third kappa shape index (κ3) is 29.8. The molecule has 16 heteroatoms. The van der Waals surface area contributed by atoms with Gasteiger partial charge in [0.2, 0.25) is 11.8 Å². The lowest BCUT2D eigenvalue weighted by Crippen LogP contribution is -2.31. The van der Waals surface area contributed by atoms with Gasteiger partial charge in [0.15, 0.2) is 0 Å². The molecule has 4 N–H and O–H groups in total. The van der Waals surface area contributed by atoms with Gasteiger partial charge in [-0.3, -0.25) is 33.6 Å². The second-order valence-electron chi connectivity index (χ2n) is 14.3. The Balaban J connectivity index is 3.85. The minimum absolute atomic E-state index is 0.0232. The predicted molar refractivity (Wildman–Crippen MR) is 197 cm³/mol. The van der Waals surface area contributed by atoms with Gasteiger partial charge >= 0.3 is 11.9 Å². The maximum absolute atomic E-state index is 12.7. The van der Waals surface area contributed by atoms with E-state index in [2.05, 4.69) is 10.6 Å². The summed E-state index contributed by atoms with van der Waals surface area (Å²) in [4.78, 5) is 94.1. The fraction of sp³-hybridized carbons (Fsp3) is 0.789. The van der Waals surface area contributed by atoms with Gasteiger partial charge in [0, 0.05) is 69.6 Å². The van der Waals surface area contributed by atoms with Crippen molar-refractivity contribution in [2.75, 3.05) is 65.9 Å². The molecule has 0 aromatic heterocycles. The van der Waals surface area contributed by atoms with Crippen molar-refractivity contribution in [3.8, 4) is 0 Å². The van der Waals surface area contributed by atoms with E-state index in [9.17, 15) is 38.4 Å². The molecule has 0 aromatic carbocycles. The summed E-state index contributed by atoms with van der Waals surface area (Å²) in [6.45, 7) is 8.61. The lowest BCUT2D eigenvalue weighted by atomic mass is 9.83. The van der Waals surface area contributed by atoms with Crippen LogP contribution in [0.3, 0.4) is 0 Å². The van der Waals surface area contributed by atoms with Crippen molar-refractivity contribution in [3.63, 3.8) is 0 Å². The molecule has 0 spiro atoms. The predicted octanol–water partition coefficient (Wildman–Crippen LogP) is 3.10. The largest absolute Gasteiger partial charge is 0.481 e. The Morgan fingerprint density at radius 1 is 0.574 bits per heavy atom. The maximum Gasteiger partial charge on any atom is 0.306 e. The smallest absolute Gasteiger partial charge is 0.306 e. The number of rotatable bonds is 36. The average Bonchev–Trinajstić information content (AvgIpc) is 3.08. The van der Waals surface area contributed by atoms with Crippen molar-refractivity contribution in [1.29, 1.82) is 0 Å². The van der Waals surface area contributed by atoms with Crippen molar-refractivity contribution in [2.45, 2.75) is 111 Å². The summed E-state index contributed by atoms with van der Waals surface area (Å²) in [5.41, 5.74) is -0.488. The Kier molecular flexibility index (Phi) is 28.6. The first-order valence-corrected chi connectivity index (χ1v) is 18.9. The molecular weight excluding hydrogens is 708 g/mol. The van der Waals surface area contributed by atoms with Gasteiger partial charge in [0.05, 0.1) is 39.0 Å². The fourth-order valence-corrected chi connectivity index (χ4v) is 5.13. The van der Waals surface area contributed by atoms with Crippen molar-refractivity contribution in [1.82, 2.24) is 10.6 Å². The number of ether oxygens (including phenoxy) is 4. The standard InChI is InChI=1S/C38H64N2O14/c1-28(41)25-30(37(49)50)13-15-31(42)10-8-19-51-21-23-53-27-35(46)40-18-20-52-22-24-54-26-34(45)39-17-6-5-9-29(14-16-33(44)38(2,3)4)32(43)11-7-12-36(47)48/h29-30H,5-27H2,1-4H3,(H,39,45)(H,40,46)(H,47,48)(H,49,50)/t29-,30-/m1/s1. The van der Waals surface area contributed by atoms with Crippen LogP contribution >= 0.6 is 0 Å². The summed E-state index contributed by atoms with van der Waals surface area (Å²) in [5.74, 6) is -4.05. The zero-order valence-electron chi connectivity index (χ0n) is 32.7. The number of ketones is 4. The normalized spacial score (nSPS) is 12.4. The van der Waals surface area contributed by atoms with E-state index in [0.29, 0.717) is 51.7 Å². The van der Waals surface area contributed by atoms with E-state index in [0.717, 1.165) is 0 Å². The van der Waals surface area contributed by atoms with E-state index >= 15 is 0 Å². The van der Waals surface area contributed by atoms with Crippen LogP contribution in [0, 0.1) is 17.3 Å². The van der Waals surface area contributed by atoms with Crippen LogP contribution in [-0.2, 0) is 57.3 Å². The van der Waals surface area contributed by atoms with E-state index in [4.69, 9.17) is 29.2 Å². The molecule has 0 fully saturated rings. The molecule has 310 valence electrons. The lowest BCUT2D eigenvalue weighted by molar-refractivity contribution is -0.144. The van der Waals surface area contributed by atoms with Gasteiger partial charge in [-0.15, -0.1) is 0 Å². The van der Waals surface area contributed by atoms with Gasteiger partial charge < -0.3 is 44.6 Å². The minimum Gasteiger partial charge on any atom is -0.481 e. The van der Waals surface area contributed by atoms with E-state index in [1.165, 1.54) is 6.92 Å². The Hall–Kier alpha value is -3.60. The highest BCUT2D eigenvalue weighted by Crippen LogP contribution is 2.24. The Morgan fingerprint density at radius 2 is 1.15 bits per heavy atom. The van der Waals surface area contributed by atoms with Crippen molar-refractivity contribution in [3.05, 3.63) is 0 Å². The third-order valence-electron chi connectivity index (χ3n) is 8.30. The second-order valence-corrected chi connectivity index (χ2v) is 14.3. The molecule has 0 unspecified atom stereocenters. The zero-order chi connectivity index (χ0) is 40.8. The van der Waals surface area contributed by atoms with E-state index in [1.807, 2.05) is 20.8 Å². The number of hydrogen-bond acceptors (Lipinski definition) is 12. The first-order valence-electron chi connectivity index (χ1n) is 18.9. The van der Waals surface area contributed by atoms with Gasteiger partial charge in [-0.05, 0) is 45.4 Å². The number of amides is 2. The molecule has 54 heavy (non-hydrogen) atoms. The lowest BCUT2D eigenvalue weighted by Gasteiger charge is -2.20.